The molecule has 1 N–H and O–H groups in total. The second-order valence-corrected chi connectivity index (χ2v) is 8.26. The zero-order chi connectivity index (χ0) is 20.1. The van der Waals surface area contributed by atoms with Gasteiger partial charge in [0.25, 0.3) is 5.91 Å². The van der Waals surface area contributed by atoms with E-state index in [1.807, 2.05) is 49.4 Å². The van der Waals surface area contributed by atoms with Crippen LogP contribution in [-0.2, 0) is 11.3 Å². The summed E-state index contributed by atoms with van der Waals surface area (Å²) >= 11 is 3.45. The summed E-state index contributed by atoms with van der Waals surface area (Å²) < 4.78 is 6.00. The topological polar surface area (TPSA) is 58.6 Å². The van der Waals surface area contributed by atoms with Crippen molar-refractivity contribution in [3.05, 3.63) is 64.1 Å². The molecule has 0 unspecified atom stereocenters. The Bertz CT molecular complexity index is 870. The summed E-state index contributed by atoms with van der Waals surface area (Å²) in [6.07, 6.45) is 1.57. The molecule has 0 saturated carbocycles. The molecule has 1 saturated heterocycles. The minimum Gasteiger partial charge on any atom is -0.497 e. The quantitative estimate of drug-likeness (QED) is 0.757. The smallest absolute Gasteiger partial charge is 0.255 e. The van der Waals surface area contributed by atoms with Crippen molar-refractivity contribution in [2.75, 3.05) is 20.2 Å². The lowest BCUT2D eigenvalue weighted by molar-refractivity contribution is -0.132. The van der Waals surface area contributed by atoms with Crippen LogP contribution in [0.3, 0.4) is 0 Å². The first-order valence-electron chi connectivity index (χ1n) is 9.38. The zero-order valence-corrected chi connectivity index (χ0v) is 17.8. The van der Waals surface area contributed by atoms with E-state index >= 15 is 0 Å². The SMILES string of the molecule is COc1cccc(CNC(=O)[C@]2(C)CCCN(C(=O)c3ccccc3Br)C2)c1. The van der Waals surface area contributed by atoms with E-state index in [2.05, 4.69) is 21.2 Å². The van der Waals surface area contributed by atoms with Crippen LogP contribution in [0, 0.1) is 5.41 Å². The number of benzene rings is 2. The maximum atomic E-state index is 12.9. The van der Waals surface area contributed by atoms with E-state index in [-0.39, 0.29) is 11.8 Å². The van der Waals surface area contributed by atoms with E-state index in [1.165, 1.54) is 0 Å². The number of piperidine rings is 1. The number of nitrogens with zero attached hydrogens (tertiary/aromatic N) is 1. The Morgan fingerprint density at radius 1 is 1.21 bits per heavy atom. The number of methoxy groups -OCH3 is 1. The Labute approximate surface area is 174 Å². The normalized spacial score (nSPS) is 19.2. The van der Waals surface area contributed by atoms with Crippen LogP contribution in [-0.4, -0.2) is 36.9 Å². The van der Waals surface area contributed by atoms with E-state index in [0.29, 0.717) is 25.2 Å². The molecule has 2 aromatic rings. The molecule has 1 heterocycles. The van der Waals surface area contributed by atoms with Crippen molar-refractivity contribution in [1.29, 1.82) is 0 Å². The van der Waals surface area contributed by atoms with Gasteiger partial charge in [-0.1, -0.05) is 24.3 Å². The molecule has 1 aliphatic heterocycles. The summed E-state index contributed by atoms with van der Waals surface area (Å²) in [4.78, 5) is 27.6. The van der Waals surface area contributed by atoms with E-state index < -0.39 is 5.41 Å². The zero-order valence-electron chi connectivity index (χ0n) is 16.2. The van der Waals surface area contributed by atoms with Crippen LogP contribution >= 0.6 is 15.9 Å². The molecular formula is C22H25BrN2O3. The molecular weight excluding hydrogens is 420 g/mol. The first-order chi connectivity index (χ1) is 13.4. The second-order valence-electron chi connectivity index (χ2n) is 7.40. The average molecular weight is 445 g/mol. The summed E-state index contributed by atoms with van der Waals surface area (Å²) in [5.41, 5.74) is 1.01. The van der Waals surface area contributed by atoms with Gasteiger partial charge in [0.1, 0.15) is 5.75 Å². The third-order valence-corrected chi connectivity index (χ3v) is 5.91. The lowest BCUT2D eigenvalue weighted by Crippen LogP contribution is -2.51. The molecule has 2 amide bonds. The average Bonchev–Trinajstić information content (AvgIpc) is 2.72. The van der Waals surface area contributed by atoms with Crippen molar-refractivity contribution < 1.29 is 14.3 Å². The van der Waals surface area contributed by atoms with Crippen LogP contribution in [0.25, 0.3) is 0 Å². The van der Waals surface area contributed by atoms with Crippen molar-refractivity contribution >= 4 is 27.7 Å². The molecule has 6 heteroatoms. The highest BCUT2D eigenvalue weighted by atomic mass is 79.9. The minimum atomic E-state index is -0.603. The summed E-state index contributed by atoms with van der Waals surface area (Å²) in [6.45, 7) is 3.45. The fourth-order valence-corrected chi connectivity index (χ4v) is 4.04. The third kappa shape index (κ3) is 4.55. The fraction of sp³-hybridized carbons (Fsp3) is 0.364. The molecule has 1 atom stereocenters. The maximum Gasteiger partial charge on any atom is 0.255 e. The highest BCUT2D eigenvalue weighted by molar-refractivity contribution is 9.10. The Balaban J connectivity index is 1.66. The number of ether oxygens (including phenoxy) is 1. The van der Waals surface area contributed by atoms with Crippen LogP contribution in [0.1, 0.15) is 35.7 Å². The molecule has 0 aliphatic carbocycles. The predicted octanol–water partition coefficient (Wildman–Crippen LogP) is 4.02. The van der Waals surface area contributed by atoms with E-state index in [4.69, 9.17) is 4.74 Å². The molecule has 0 bridgehead atoms. The van der Waals surface area contributed by atoms with E-state index in [1.54, 1.807) is 18.1 Å². The number of nitrogens with one attached hydrogen (secondary N) is 1. The number of carbonyl (C=O) groups is 2. The van der Waals surface area contributed by atoms with Gasteiger partial charge in [-0.05, 0) is 65.5 Å². The molecule has 1 fully saturated rings. The lowest BCUT2D eigenvalue weighted by Gasteiger charge is -2.39. The van der Waals surface area contributed by atoms with Crippen molar-refractivity contribution in [1.82, 2.24) is 10.2 Å². The van der Waals surface area contributed by atoms with E-state index in [0.717, 1.165) is 28.6 Å². The Morgan fingerprint density at radius 2 is 2.00 bits per heavy atom. The van der Waals surface area contributed by atoms with Crippen molar-refractivity contribution in [3.63, 3.8) is 0 Å². The van der Waals surface area contributed by atoms with Crippen LogP contribution in [0.5, 0.6) is 5.75 Å². The standard InChI is InChI=1S/C22H25BrN2O3/c1-22(21(27)24-14-16-7-5-8-17(13-16)28-2)11-6-12-25(15-22)20(26)18-9-3-4-10-19(18)23/h3-5,7-10,13H,6,11-12,14-15H2,1-2H3,(H,24,27)/t22-/m1/s1. The van der Waals surface area contributed by atoms with Gasteiger partial charge >= 0.3 is 0 Å². The predicted molar refractivity (Wildman–Crippen MR) is 112 cm³/mol. The number of hydrogen-bond donors (Lipinski definition) is 1. The van der Waals surface area contributed by atoms with Crippen LogP contribution in [0.15, 0.2) is 53.0 Å². The van der Waals surface area contributed by atoms with Gasteiger partial charge in [0.15, 0.2) is 0 Å². The van der Waals surface area contributed by atoms with E-state index in [9.17, 15) is 9.59 Å². The molecule has 0 aromatic heterocycles. The number of amides is 2. The van der Waals surface area contributed by atoms with Gasteiger partial charge in [-0.3, -0.25) is 9.59 Å². The molecule has 148 valence electrons. The summed E-state index contributed by atoms with van der Waals surface area (Å²) in [7, 11) is 1.62. The number of hydrogen-bond acceptors (Lipinski definition) is 3. The highest BCUT2D eigenvalue weighted by Gasteiger charge is 2.39. The lowest BCUT2D eigenvalue weighted by atomic mass is 9.80. The summed E-state index contributed by atoms with van der Waals surface area (Å²) in [6, 6.07) is 15.0. The minimum absolute atomic E-state index is 0.0278. The first-order valence-corrected chi connectivity index (χ1v) is 10.2. The molecule has 2 aromatic carbocycles. The van der Waals surface area contributed by atoms with Gasteiger partial charge in [0.05, 0.1) is 18.1 Å². The second kappa shape index (κ2) is 8.78. The molecule has 28 heavy (non-hydrogen) atoms. The van der Waals surface area contributed by atoms with Gasteiger partial charge in [-0.15, -0.1) is 0 Å². The largest absolute Gasteiger partial charge is 0.497 e. The summed E-state index contributed by atoms with van der Waals surface area (Å²) in [5, 5.41) is 3.03. The monoisotopic (exact) mass is 444 g/mol. The number of carbonyl (C=O) groups excluding carboxylic acids is 2. The van der Waals surface area contributed by atoms with Gasteiger partial charge in [0, 0.05) is 24.1 Å². The van der Waals surface area contributed by atoms with Crippen molar-refractivity contribution in [3.8, 4) is 5.75 Å². The highest BCUT2D eigenvalue weighted by Crippen LogP contribution is 2.31. The van der Waals surface area contributed by atoms with Crippen molar-refractivity contribution in [2.24, 2.45) is 5.41 Å². The number of rotatable bonds is 5. The first kappa shape index (κ1) is 20.4. The van der Waals surface area contributed by atoms with Crippen LogP contribution in [0.4, 0.5) is 0 Å². The molecule has 0 spiro atoms. The maximum absolute atomic E-state index is 12.9. The fourth-order valence-electron chi connectivity index (χ4n) is 3.58. The molecule has 0 radical (unpaired) electrons. The molecule has 3 rings (SSSR count). The van der Waals surface area contributed by atoms with Gasteiger partial charge in [0.2, 0.25) is 5.91 Å². The third-order valence-electron chi connectivity index (χ3n) is 5.22. The van der Waals surface area contributed by atoms with Gasteiger partial charge in [-0.25, -0.2) is 0 Å². The Kier molecular flexibility index (Phi) is 6.39. The Morgan fingerprint density at radius 3 is 2.75 bits per heavy atom. The van der Waals surface area contributed by atoms with Crippen LogP contribution in [0.2, 0.25) is 0 Å². The molecule has 1 aliphatic rings. The number of halogens is 1. The number of likely N-dealkylation sites (tertiary alicyclic amines) is 1. The van der Waals surface area contributed by atoms with Gasteiger partial charge in [-0.2, -0.15) is 0 Å². The molecule has 5 nitrogen and oxygen atoms in total. The van der Waals surface area contributed by atoms with Gasteiger partial charge < -0.3 is 15.0 Å². The van der Waals surface area contributed by atoms with Crippen molar-refractivity contribution in [2.45, 2.75) is 26.3 Å². The Hall–Kier alpha value is -2.34. The summed E-state index contributed by atoms with van der Waals surface area (Å²) in [5.74, 6) is 0.694. The van der Waals surface area contributed by atoms with Crippen LogP contribution < -0.4 is 10.1 Å².